The molecule has 0 aliphatic rings. The topological polar surface area (TPSA) is 71.1 Å². The summed E-state index contributed by atoms with van der Waals surface area (Å²) in [6.45, 7) is 3.79. The highest BCUT2D eigenvalue weighted by molar-refractivity contribution is 9.10. The molecular weight excluding hydrogens is 416 g/mol. The van der Waals surface area contributed by atoms with E-state index < -0.39 is 12.3 Å². The summed E-state index contributed by atoms with van der Waals surface area (Å²) in [5.41, 5.74) is 0. The zero-order valence-corrected chi connectivity index (χ0v) is 16.4. The molecule has 0 bridgehead atoms. The molecule has 0 aliphatic heterocycles. The lowest BCUT2D eigenvalue weighted by molar-refractivity contribution is 0.103. The first-order valence-electron chi connectivity index (χ1n) is 8.38. The average Bonchev–Trinajstić information content (AvgIpc) is 2.65. The fourth-order valence-corrected chi connectivity index (χ4v) is 3.33. The lowest BCUT2D eigenvalue weighted by Gasteiger charge is -2.16. The number of hydrogen-bond acceptors (Lipinski definition) is 6. The Morgan fingerprint density at radius 2 is 1.30 bits per heavy atom. The van der Waals surface area contributed by atoms with Crippen molar-refractivity contribution in [2.24, 2.45) is 0 Å². The molecular formula is C20H17BrO6. The van der Waals surface area contributed by atoms with Crippen LogP contribution in [0.1, 0.15) is 13.8 Å². The molecule has 0 saturated carbocycles. The smallest absolute Gasteiger partial charge is 0.434 e. The Kier molecular flexibility index (Phi) is 5.81. The van der Waals surface area contributed by atoms with Gasteiger partial charge in [-0.15, -0.1) is 0 Å². The van der Waals surface area contributed by atoms with Crippen LogP contribution in [-0.4, -0.2) is 25.5 Å². The molecule has 0 fully saturated rings. The number of hydrogen-bond donors (Lipinski definition) is 0. The van der Waals surface area contributed by atoms with E-state index in [0.717, 1.165) is 0 Å². The molecule has 0 heterocycles. The largest absolute Gasteiger partial charge is 0.513 e. The van der Waals surface area contributed by atoms with Gasteiger partial charge in [-0.2, -0.15) is 0 Å². The third-order valence-corrected chi connectivity index (χ3v) is 4.46. The zero-order chi connectivity index (χ0) is 19.4. The third kappa shape index (κ3) is 3.83. The molecule has 0 aromatic heterocycles. The van der Waals surface area contributed by atoms with Crippen molar-refractivity contribution in [3.05, 3.63) is 46.9 Å². The molecule has 3 rings (SSSR count). The summed E-state index contributed by atoms with van der Waals surface area (Å²) in [5, 5.41) is 2.39. The molecule has 0 unspecified atom stereocenters. The number of carbonyl (C=O) groups excluding carboxylic acids is 2. The summed E-state index contributed by atoms with van der Waals surface area (Å²) in [5.74, 6) is 0.652. The van der Waals surface area contributed by atoms with Gasteiger partial charge in [0.15, 0.2) is 11.5 Å². The Bertz CT molecular complexity index is 1010. The summed E-state index contributed by atoms with van der Waals surface area (Å²) < 4.78 is 21.5. The monoisotopic (exact) mass is 432 g/mol. The van der Waals surface area contributed by atoms with Crippen molar-refractivity contribution in [3.8, 4) is 11.5 Å². The van der Waals surface area contributed by atoms with E-state index in [1.165, 1.54) is 0 Å². The first-order valence-corrected chi connectivity index (χ1v) is 9.18. The van der Waals surface area contributed by atoms with E-state index in [0.29, 0.717) is 37.5 Å². The van der Waals surface area contributed by atoms with Crippen LogP contribution in [0, 0.1) is 0 Å². The number of benzene rings is 3. The van der Waals surface area contributed by atoms with Crippen LogP contribution in [0.25, 0.3) is 21.5 Å². The van der Waals surface area contributed by atoms with Gasteiger partial charge in [0.2, 0.25) is 0 Å². The van der Waals surface area contributed by atoms with Crippen molar-refractivity contribution >= 4 is 49.8 Å². The standard InChI is InChI=1S/C20H17BrO6/c1-3-24-19(22)26-17-12-8-5-6-9-13(12)18(27-20(23)25-4-2)16-14(17)10-7-11-15(16)21/h5-11H,3-4H2,1-2H3. The second-order valence-electron chi connectivity index (χ2n) is 5.44. The van der Waals surface area contributed by atoms with Crippen molar-refractivity contribution in [2.45, 2.75) is 13.8 Å². The molecule has 0 spiro atoms. The first kappa shape index (κ1) is 19.0. The van der Waals surface area contributed by atoms with E-state index in [4.69, 9.17) is 18.9 Å². The molecule has 27 heavy (non-hydrogen) atoms. The molecule has 0 amide bonds. The van der Waals surface area contributed by atoms with Crippen LogP contribution in [0.4, 0.5) is 9.59 Å². The first-order chi connectivity index (χ1) is 13.1. The van der Waals surface area contributed by atoms with E-state index >= 15 is 0 Å². The summed E-state index contributed by atoms with van der Waals surface area (Å²) >= 11 is 3.49. The number of rotatable bonds is 4. The van der Waals surface area contributed by atoms with Crippen LogP contribution in [0.15, 0.2) is 46.9 Å². The minimum absolute atomic E-state index is 0.194. The minimum Gasteiger partial charge on any atom is -0.434 e. The second kappa shape index (κ2) is 8.26. The maximum absolute atomic E-state index is 12.0. The van der Waals surface area contributed by atoms with Crippen molar-refractivity contribution in [2.75, 3.05) is 13.2 Å². The molecule has 0 N–H and O–H groups in total. The fraction of sp³-hybridized carbons (Fsp3) is 0.200. The van der Waals surface area contributed by atoms with Crippen LogP contribution >= 0.6 is 15.9 Å². The average molecular weight is 433 g/mol. The predicted octanol–water partition coefficient (Wildman–Crippen LogP) is 5.83. The van der Waals surface area contributed by atoms with Gasteiger partial charge in [-0.1, -0.05) is 52.3 Å². The van der Waals surface area contributed by atoms with Gasteiger partial charge in [-0.25, -0.2) is 9.59 Å². The van der Waals surface area contributed by atoms with Crippen LogP contribution in [0.2, 0.25) is 0 Å². The van der Waals surface area contributed by atoms with Crippen LogP contribution < -0.4 is 9.47 Å². The van der Waals surface area contributed by atoms with Gasteiger partial charge in [-0.05, 0) is 19.9 Å². The Morgan fingerprint density at radius 3 is 1.89 bits per heavy atom. The van der Waals surface area contributed by atoms with Crippen LogP contribution in [-0.2, 0) is 9.47 Å². The maximum Gasteiger partial charge on any atom is 0.513 e. The van der Waals surface area contributed by atoms with Gasteiger partial charge >= 0.3 is 12.3 Å². The highest BCUT2D eigenvalue weighted by Gasteiger charge is 2.22. The van der Waals surface area contributed by atoms with Crippen LogP contribution in [0.5, 0.6) is 11.5 Å². The lowest BCUT2D eigenvalue weighted by Crippen LogP contribution is -2.12. The SMILES string of the molecule is CCOC(=O)Oc1c2ccccc2c(OC(=O)OCC)c2c(Br)cccc12. The van der Waals surface area contributed by atoms with Crippen molar-refractivity contribution in [3.63, 3.8) is 0 Å². The van der Waals surface area contributed by atoms with Gasteiger partial charge in [0, 0.05) is 26.0 Å². The molecule has 0 saturated heterocycles. The number of halogens is 1. The summed E-state index contributed by atoms with van der Waals surface area (Å²) in [6.07, 6.45) is -1.61. The Balaban J connectivity index is 2.31. The van der Waals surface area contributed by atoms with E-state index in [2.05, 4.69) is 15.9 Å². The van der Waals surface area contributed by atoms with Crippen LogP contribution in [0.3, 0.4) is 0 Å². The normalized spacial score (nSPS) is 10.6. The van der Waals surface area contributed by atoms with Gasteiger partial charge in [0.1, 0.15) is 0 Å². The molecule has 140 valence electrons. The number of carbonyl (C=O) groups is 2. The maximum atomic E-state index is 12.0. The molecule has 6 nitrogen and oxygen atoms in total. The number of ether oxygens (including phenoxy) is 4. The van der Waals surface area contributed by atoms with E-state index in [9.17, 15) is 9.59 Å². The molecule has 0 radical (unpaired) electrons. The van der Waals surface area contributed by atoms with Gasteiger partial charge < -0.3 is 18.9 Å². The summed E-state index contributed by atoms with van der Waals surface area (Å²) in [6, 6.07) is 12.5. The highest BCUT2D eigenvalue weighted by atomic mass is 79.9. The van der Waals surface area contributed by atoms with Gasteiger partial charge in [0.25, 0.3) is 0 Å². The molecule has 0 aliphatic carbocycles. The van der Waals surface area contributed by atoms with Gasteiger partial charge in [-0.3, -0.25) is 0 Å². The third-order valence-electron chi connectivity index (χ3n) is 3.80. The minimum atomic E-state index is -0.807. The van der Waals surface area contributed by atoms with E-state index in [1.54, 1.807) is 50.2 Å². The van der Waals surface area contributed by atoms with Gasteiger partial charge in [0.05, 0.1) is 13.2 Å². The van der Waals surface area contributed by atoms with E-state index in [1.807, 2.05) is 6.07 Å². The Labute approximate surface area is 164 Å². The highest BCUT2D eigenvalue weighted by Crippen LogP contribution is 2.45. The molecule has 0 atom stereocenters. The van der Waals surface area contributed by atoms with Crippen molar-refractivity contribution in [1.29, 1.82) is 0 Å². The zero-order valence-electron chi connectivity index (χ0n) is 14.8. The molecule has 3 aromatic carbocycles. The fourth-order valence-electron chi connectivity index (χ4n) is 2.78. The Hall–Kier alpha value is -2.80. The second-order valence-corrected chi connectivity index (χ2v) is 6.29. The van der Waals surface area contributed by atoms with Crippen molar-refractivity contribution < 1.29 is 28.5 Å². The summed E-state index contributed by atoms with van der Waals surface area (Å²) in [4.78, 5) is 24.0. The molecule has 3 aromatic rings. The predicted molar refractivity (Wildman–Crippen MR) is 104 cm³/mol. The Morgan fingerprint density at radius 1 is 0.778 bits per heavy atom. The van der Waals surface area contributed by atoms with Crippen molar-refractivity contribution in [1.82, 2.24) is 0 Å². The number of fused-ring (bicyclic) bond motifs is 2. The van der Waals surface area contributed by atoms with E-state index in [-0.39, 0.29) is 13.2 Å². The quantitative estimate of drug-likeness (QED) is 0.293. The molecule has 7 heteroatoms. The summed E-state index contributed by atoms with van der Waals surface area (Å²) in [7, 11) is 0. The lowest BCUT2D eigenvalue weighted by atomic mass is 10.0.